The molecular formula is C25H24N3O4S+. The molecule has 8 heteroatoms. The molecule has 0 bridgehead atoms. The van der Waals surface area contributed by atoms with E-state index in [1.54, 1.807) is 30.7 Å². The zero-order valence-corrected chi connectivity index (χ0v) is 19.1. The number of nitrogens with one attached hydrogen (secondary N) is 2. The predicted octanol–water partition coefficient (Wildman–Crippen LogP) is 3.50. The van der Waals surface area contributed by atoms with Gasteiger partial charge >= 0.3 is 6.39 Å². The molecule has 1 saturated carbocycles. The summed E-state index contributed by atoms with van der Waals surface area (Å²) in [5.74, 6) is -0.0272. The minimum Gasteiger partial charge on any atom is -0.404 e. The summed E-state index contributed by atoms with van der Waals surface area (Å²) in [7, 11) is -0.182. The molecule has 1 amide bonds. The van der Waals surface area contributed by atoms with E-state index in [9.17, 15) is 13.2 Å². The molecule has 0 unspecified atom stereocenters. The van der Waals surface area contributed by atoms with Gasteiger partial charge in [-0.15, -0.1) is 0 Å². The van der Waals surface area contributed by atoms with Gasteiger partial charge in [0.25, 0.3) is 5.52 Å². The summed E-state index contributed by atoms with van der Waals surface area (Å²) in [6, 6.07) is 20.1. The molecule has 3 aromatic carbocycles. The number of rotatable bonds is 6. The molecule has 1 aliphatic carbocycles. The van der Waals surface area contributed by atoms with Crippen LogP contribution in [0.15, 0.2) is 82.4 Å². The minimum atomic E-state index is -3.48. The number of hydrogen-bond donors (Lipinski definition) is 2. The van der Waals surface area contributed by atoms with E-state index in [0.717, 1.165) is 40.6 Å². The molecule has 168 valence electrons. The van der Waals surface area contributed by atoms with Crippen molar-refractivity contribution in [3.05, 3.63) is 78.7 Å². The fraction of sp³-hybridized carbons (Fsp3) is 0.200. The van der Waals surface area contributed by atoms with Gasteiger partial charge in [-0.05, 0) is 66.9 Å². The van der Waals surface area contributed by atoms with Crippen molar-refractivity contribution in [2.45, 2.75) is 23.2 Å². The standard InChI is InChI=1S/C25H23N3O4S/c1-26-33(30,31)21-9-6-17(7-10-21)18-4-3-5-20(14-18)27-24(29)25(12-13-25)19-8-11-23-22(15-19)28(2)16-32-23/h3-11,14-16,26H,12-13H2,1-2H3/p+1. The number of carbonyl (C=O) groups is 1. The summed E-state index contributed by atoms with van der Waals surface area (Å²) in [4.78, 5) is 13.5. The number of aryl methyl sites for hydroxylation is 1. The third-order valence-corrected chi connectivity index (χ3v) is 7.73. The Bertz CT molecular complexity index is 1470. The normalized spacial score (nSPS) is 14.8. The second-order valence-electron chi connectivity index (χ2n) is 8.37. The third kappa shape index (κ3) is 3.81. The number of anilines is 1. The summed E-state index contributed by atoms with van der Waals surface area (Å²) in [5, 5.41) is 3.08. The third-order valence-electron chi connectivity index (χ3n) is 6.30. The second-order valence-corrected chi connectivity index (χ2v) is 10.3. The molecule has 0 aliphatic heterocycles. The monoisotopic (exact) mass is 462 g/mol. The van der Waals surface area contributed by atoms with Crippen LogP contribution in [0, 0.1) is 0 Å². The average molecular weight is 463 g/mol. The van der Waals surface area contributed by atoms with Crippen molar-refractivity contribution >= 4 is 32.7 Å². The molecule has 7 nitrogen and oxygen atoms in total. The van der Waals surface area contributed by atoms with E-state index in [4.69, 9.17) is 4.42 Å². The molecular weight excluding hydrogens is 438 g/mol. The van der Waals surface area contributed by atoms with Gasteiger partial charge in [0.15, 0.2) is 0 Å². The van der Waals surface area contributed by atoms with Gasteiger partial charge in [0.1, 0.15) is 7.05 Å². The molecule has 1 aliphatic rings. The number of oxazole rings is 1. The fourth-order valence-corrected chi connectivity index (χ4v) is 4.86. The molecule has 1 aromatic heterocycles. The molecule has 0 atom stereocenters. The SMILES string of the molecule is CNS(=O)(=O)c1ccc(-c2cccc(NC(=O)C3(c4ccc5oc[n+](C)c5c4)CC3)c2)cc1. The van der Waals surface area contributed by atoms with Crippen LogP contribution in [0.2, 0.25) is 0 Å². The van der Waals surface area contributed by atoms with Crippen molar-refractivity contribution in [2.24, 2.45) is 7.05 Å². The number of benzene rings is 3. The first kappa shape index (κ1) is 21.4. The summed E-state index contributed by atoms with van der Waals surface area (Å²) in [6.07, 6.45) is 3.25. The van der Waals surface area contributed by atoms with Gasteiger partial charge in [-0.3, -0.25) is 4.79 Å². The van der Waals surface area contributed by atoms with Crippen LogP contribution in [0.3, 0.4) is 0 Å². The van der Waals surface area contributed by atoms with Crippen molar-refractivity contribution in [1.82, 2.24) is 4.72 Å². The van der Waals surface area contributed by atoms with Gasteiger partial charge in [0.05, 0.1) is 10.3 Å². The van der Waals surface area contributed by atoms with Crippen molar-refractivity contribution < 1.29 is 22.2 Å². The van der Waals surface area contributed by atoms with Gasteiger partial charge in [-0.25, -0.2) is 13.1 Å². The Morgan fingerprint density at radius 2 is 1.76 bits per heavy atom. The maximum atomic E-state index is 13.3. The van der Waals surface area contributed by atoms with Gasteiger partial charge < -0.3 is 9.73 Å². The molecule has 5 rings (SSSR count). The van der Waals surface area contributed by atoms with Gasteiger partial charge in [-0.1, -0.05) is 30.3 Å². The lowest BCUT2D eigenvalue weighted by Crippen LogP contribution is -2.29. The van der Waals surface area contributed by atoms with E-state index < -0.39 is 15.4 Å². The summed E-state index contributed by atoms with van der Waals surface area (Å²) in [6.45, 7) is 0. The zero-order chi connectivity index (χ0) is 23.2. The highest BCUT2D eigenvalue weighted by Gasteiger charge is 2.51. The van der Waals surface area contributed by atoms with Crippen LogP contribution in [0.4, 0.5) is 5.69 Å². The first-order chi connectivity index (χ1) is 15.8. The maximum absolute atomic E-state index is 13.3. The van der Waals surface area contributed by atoms with E-state index in [-0.39, 0.29) is 10.8 Å². The molecule has 1 heterocycles. The number of amides is 1. The highest BCUT2D eigenvalue weighted by Crippen LogP contribution is 2.49. The highest BCUT2D eigenvalue weighted by atomic mass is 32.2. The second kappa shape index (κ2) is 7.83. The smallest absolute Gasteiger partial charge is 0.335 e. The highest BCUT2D eigenvalue weighted by molar-refractivity contribution is 7.89. The number of carbonyl (C=O) groups excluding carboxylic acids is 1. The maximum Gasteiger partial charge on any atom is 0.335 e. The molecule has 4 aromatic rings. The first-order valence-electron chi connectivity index (χ1n) is 10.7. The lowest BCUT2D eigenvalue weighted by molar-refractivity contribution is -0.650. The number of aromatic nitrogens is 1. The van der Waals surface area contributed by atoms with Crippen LogP contribution in [-0.2, 0) is 27.3 Å². The van der Waals surface area contributed by atoms with Crippen LogP contribution < -0.4 is 14.6 Å². The summed E-state index contributed by atoms with van der Waals surface area (Å²) >= 11 is 0. The van der Waals surface area contributed by atoms with E-state index in [0.29, 0.717) is 5.69 Å². The first-order valence-corrected chi connectivity index (χ1v) is 12.1. The molecule has 1 fully saturated rings. The minimum absolute atomic E-state index is 0.0272. The van der Waals surface area contributed by atoms with Crippen molar-refractivity contribution in [2.75, 3.05) is 12.4 Å². The molecule has 0 spiro atoms. The Morgan fingerprint density at radius 3 is 2.45 bits per heavy atom. The molecule has 0 radical (unpaired) electrons. The van der Waals surface area contributed by atoms with Crippen molar-refractivity contribution in [1.29, 1.82) is 0 Å². The lowest BCUT2D eigenvalue weighted by atomic mass is 9.94. The Kier molecular flexibility index (Phi) is 5.07. The van der Waals surface area contributed by atoms with Crippen molar-refractivity contribution in [3.63, 3.8) is 0 Å². The Labute approximate surface area is 192 Å². The largest absolute Gasteiger partial charge is 0.404 e. The Hall–Kier alpha value is -3.49. The molecule has 0 saturated heterocycles. The van der Waals surface area contributed by atoms with Crippen LogP contribution in [0.1, 0.15) is 18.4 Å². The number of sulfonamides is 1. The van der Waals surface area contributed by atoms with E-state index in [2.05, 4.69) is 10.0 Å². The zero-order valence-electron chi connectivity index (χ0n) is 18.3. The Morgan fingerprint density at radius 1 is 1.00 bits per heavy atom. The van der Waals surface area contributed by atoms with Crippen LogP contribution >= 0.6 is 0 Å². The van der Waals surface area contributed by atoms with E-state index in [1.807, 2.05) is 54.1 Å². The lowest BCUT2D eigenvalue weighted by Gasteiger charge is -2.16. The van der Waals surface area contributed by atoms with Gasteiger partial charge in [-0.2, -0.15) is 4.57 Å². The molecule has 33 heavy (non-hydrogen) atoms. The predicted molar refractivity (Wildman–Crippen MR) is 125 cm³/mol. The molecule has 2 N–H and O–H groups in total. The van der Waals surface area contributed by atoms with E-state index in [1.165, 1.54) is 7.05 Å². The van der Waals surface area contributed by atoms with E-state index >= 15 is 0 Å². The van der Waals surface area contributed by atoms with Crippen LogP contribution in [-0.4, -0.2) is 21.4 Å². The van der Waals surface area contributed by atoms with Crippen LogP contribution in [0.25, 0.3) is 22.2 Å². The van der Waals surface area contributed by atoms with Crippen LogP contribution in [0.5, 0.6) is 0 Å². The number of fused-ring (bicyclic) bond motifs is 1. The van der Waals surface area contributed by atoms with Gasteiger partial charge in [0, 0.05) is 11.8 Å². The summed E-state index contributed by atoms with van der Waals surface area (Å²) in [5.41, 5.74) is 4.65. The summed E-state index contributed by atoms with van der Waals surface area (Å²) < 4.78 is 33.6. The van der Waals surface area contributed by atoms with Gasteiger partial charge in [0.2, 0.25) is 21.5 Å². The number of nitrogens with zero attached hydrogens (tertiary/aromatic N) is 1. The topological polar surface area (TPSA) is 92.3 Å². The average Bonchev–Trinajstić information content (AvgIpc) is 3.57. The fourth-order valence-electron chi connectivity index (χ4n) is 4.13. The Balaban J connectivity index is 1.38. The number of hydrogen-bond acceptors (Lipinski definition) is 4. The van der Waals surface area contributed by atoms with Crippen molar-refractivity contribution in [3.8, 4) is 11.1 Å². The quantitative estimate of drug-likeness (QED) is 0.429.